The third-order valence-corrected chi connectivity index (χ3v) is 8.91. The van der Waals surface area contributed by atoms with Crippen molar-refractivity contribution in [1.29, 1.82) is 0 Å². The van der Waals surface area contributed by atoms with Crippen molar-refractivity contribution in [3.8, 4) is 45.7 Å². The minimum atomic E-state index is -0.0811. The monoisotopic (exact) mass is 894 g/mol. The zero-order valence-electron chi connectivity index (χ0n) is 33.6. The van der Waals surface area contributed by atoms with Crippen molar-refractivity contribution < 1.29 is 39.2 Å². The van der Waals surface area contributed by atoms with Gasteiger partial charge in [0.1, 0.15) is 11.5 Å². The van der Waals surface area contributed by atoms with E-state index in [4.69, 9.17) is 9.47 Å². The molecule has 8 aromatic rings. The molecule has 2 N–H and O–H groups in total. The summed E-state index contributed by atoms with van der Waals surface area (Å²) in [4.78, 5) is 25.8. The molecule has 0 fully saturated rings. The quantitative estimate of drug-likeness (QED) is 0.121. The molecule has 0 amide bonds. The van der Waals surface area contributed by atoms with Crippen molar-refractivity contribution in [2.24, 2.45) is 0 Å². The van der Waals surface area contributed by atoms with Crippen molar-refractivity contribution in [2.75, 3.05) is 14.2 Å². The van der Waals surface area contributed by atoms with E-state index in [1.165, 1.54) is 0 Å². The maximum absolute atomic E-state index is 9.55. The zero-order valence-corrected chi connectivity index (χ0v) is 35.4. The predicted molar refractivity (Wildman–Crippen MR) is 238 cm³/mol. The van der Waals surface area contributed by atoms with E-state index in [-0.39, 0.29) is 32.7 Å². The van der Waals surface area contributed by atoms with Crippen molar-refractivity contribution in [2.45, 2.75) is 13.2 Å². The summed E-state index contributed by atoms with van der Waals surface area (Å²) in [5.41, 5.74) is 10.6. The number of aromatic nitrogens is 6. The second kappa shape index (κ2) is 24.1. The Bertz CT molecular complexity index is 2340. The molecule has 10 nitrogen and oxygen atoms in total. The Balaban J connectivity index is 0.000000226. The average molecular weight is 894 g/mol. The second-order valence-corrected chi connectivity index (χ2v) is 12.9. The van der Waals surface area contributed by atoms with E-state index in [9.17, 15) is 10.2 Å². The van der Waals surface area contributed by atoms with E-state index in [1.807, 2.05) is 158 Å². The van der Waals surface area contributed by atoms with Crippen molar-refractivity contribution in [3.63, 3.8) is 0 Å². The molecule has 306 valence electrons. The van der Waals surface area contributed by atoms with Gasteiger partial charge in [-0.15, -0.1) is 0 Å². The summed E-state index contributed by atoms with van der Waals surface area (Å²) in [6.07, 6.45) is 18.6. The smallest absolute Gasteiger partial charge is 0.124 e. The molecule has 61 heavy (non-hydrogen) atoms. The van der Waals surface area contributed by atoms with E-state index in [0.717, 1.165) is 67.5 Å². The molecule has 0 spiro atoms. The molecule has 0 bridgehead atoms. The van der Waals surface area contributed by atoms with Crippen molar-refractivity contribution in [3.05, 3.63) is 204 Å². The number of aliphatic hydroxyl groups is 2. The molecule has 8 rings (SSSR count). The fourth-order valence-corrected chi connectivity index (χ4v) is 5.84. The van der Waals surface area contributed by atoms with E-state index in [1.54, 1.807) is 51.4 Å². The van der Waals surface area contributed by atoms with Gasteiger partial charge in [-0.1, -0.05) is 66.8 Å². The van der Waals surface area contributed by atoms with Crippen LogP contribution in [-0.2, 0) is 32.7 Å². The van der Waals surface area contributed by atoms with E-state index in [2.05, 4.69) is 29.9 Å². The minimum absolute atomic E-state index is 0. The number of ether oxygens (including phenoxy) is 2. The third-order valence-electron chi connectivity index (χ3n) is 8.91. The summed E-state index contributed by atoms with van der Waals surface area (Å²) in [5, 5.41) is 19.0. The second-order valence-electron chi connectivity index (χ2n) is 12.9. The van der Waals surface area contributed by atoms with Gasteiger partial charge in [-0.05, 0) is 113 Å². The molecule has 0 unspecified atom stereocenters. The van der Waals surface area contributed by atoms with Gasteiger partial charge in [0.2, 0.25) is 0 Å². The number of benzene rings is 2. The first-order valence-corrected chi connectivity index (χ1v) is 19.1. The Morgan fingerprint density at radius 2 is 0.754 bits per heavy atom. The standard InChI is InChI=1S/C30H28N2O4.2C10H8N2.Ru/c1-35-29-10-8-21(15-26(29)20-34)3-5-23-11-13-31-27(16-23)28-17-24(12-14-32-28)6-4-22-7-9-25(19-33)30(18-22)36-2;2*1-3-7-11-9(5-1)10-6-2-4-8-12-10;/h3-18,33-34H,19-20H2,1-2H3;2*1-8H;/b5-3+,6-4+;;;. The van der Waals surface area contributed by atoms with Gasteiger partial charge in [0.25, 0.3) is 0 Å². The summed E-state index contributed by atoms with van der Waals surface area (Å²) in [6.45, 7) is -0.145. The Labute approximate surface area is 368 Å². The normalized spacial score (nSPS) is 10.5. The van der Waals surface area contributed by atoms with Gasteiger partial charge in [0.05, 0.1) is 61.6 Å². The predicted octanol–water partition coefficient (Wildman–Crippen LogP) is 9.77. The van der Waals surface area contributed by atoms with Crippen LogP contribution in [0.1, 0.15) is 33.4 Å². The molecule has 0 atom stereocenters. The summed E-state index contributed by atoms with van der Waals surface area (Å²) in [6, 6.07) is 42.4. The fraction of sp³-hybridized carbons (Fsp3) is 0.0800. The van der Waals surface area contributed by atoms with Crippen LogP contribution in [0.3, 0.4) is 0 Å². The van der Waals surface area contributed by atoms with Gasteiger partial charge in [-0.2, -0.15) is 0 Å². The molecule has 11 heteroatoms. The van der Waals surface area contributed by atoms with Gasteiger partial charge >= 0.3 is 0 Å². The number of aliphatic hydroxyl groups excluding tert-OH is 2. The molecule has 0 aliphatic rings. The van der Waals surface area contributed by atoms with E-state index >= 15 is 0 Å². The van der Waals surface area contributed by atoms with Crippen LogP contribution in [0.4, 0.5) is 0 Å². The SMILES string of the molecule is COc1ccc(/C=C/c2ccnc(-c3cc(/C=C/c4ccc(CO)c(OC)c4)ccn3)c2)cc1CO.[Ru].c1ccc(-c2ccccn2)nc1.c1ccc(-c2ccccn2)nc1. The summed E-state index contributed by atoms with van der Waals surface area (Å²) >= 11 is 0. The molecular formula is C50H44N6O4Ru. The van der Waals surface area contributed by atoms with Crippen LogP contribution in [0.5, 0.6) is 11.5 Å². The van der Waals surface area contributed by atoms with Crippen molar-refractivity contribution >= 4 is 24.3 Å². The van der Waals surface area contributed by atoms with Gasteiger partial charge in [-0.3, -0.25) is 29.9 Å². The molecular weight excluding hydrogens is 850 g/mol. The number of hydrogen-bond donors (Lipinski definition) is 2. The fourth-order valence-electron chi connectivity index (χ4n) is 5.84. The topological polar surface area (TPSA) is 136 Å². The van der Waals surface area contributed by atoms with Crippen LogP contribution in [0, 0.1) is 0 Å². The van der Waals surface area contributed by atoms with Gasteiger partial charge in [0.15, 0.2) is 0 Å². The molecule has 6 aromatic heterocycles. The van der Waals surface area contributed by atoms with Crippen LogP contribution < -0.4 is 9.47 Å². The Morgan fingerprint density at radius 3 is 1.13 bits per heavy atom. The molecule has 0 saturated heterocycles. The number of nitrogens with zero attached hydrogens (tertiary/aromatic N) is 6. The average Bonchev–Trinajstić information content (AvgIpc) is 3.34. The van der Waals surface area contributed by atoms with Crippen LogP contribution in [0.15, 0.2) is 171 Å². The summed E-state index contributed by atoms with van der Waals surface area (Å²) in [7, 11) is 3.19. The first kappa shape index (κ1) is 45.1. The number of pyridine rings is 6. The van der Waals surface area contributed by atoms with E-state index < -0.39 is 0 Å². The molecule has 0 aliphatic carbocycles. The first-order chi connectivity index (χ1) is 29.6. The minimum Gasteiger partial charge on any atom is -0.496 e. The number of hydrogen-bond acceptors (Lipinski definition) is 10. The summed E-state index contributed by atoms with van der Waals surface area (Å²) < 4.78 is 10.6. The maximum atomic E-state index is 9.55. The Morgan fingerprint density at radius 1 is 0.377 bits per heavy atom. The number of methoxy groups -OCH3 is 2. The Kier molecular flexibility index (Phi) is 17.8. The van der Waals surface area contributed by atoms with Crippen LogP contribution in [0.2, 0.25) is 0 Å². The van der Waals surface area contributed by atoms with Crippen molar-refractivity contribution in [1.82, 2.24) is 29.9 Å². The van der Waals surface area contributed by atoms with Gasteiger partial charge < -0.3 is 19.7 Å². The van der Waals surface area contributed by atoms with Crippen LogP contribution in [0.25, 0.3) is 58.5 Å². The third kappa shape index (κ3) is 13.5. The molecule has 0 aliphatic heterocycles. The number of rotatable bonds is 11. The van der Waals surface area contributed by atoms with Crippen LogP contribution >= 0.6 is 0 Å². The van der Waals surface area contributed by atoms with E-state index in [0.29, 0.717) is 11.5 Å². The molecule has 2 aromatic carbocycles. The molecule has 0 saturated carbocycles. The largest absolute Gasteiger partial charge is 0.496 e. The Hall–Kier alpha value is -7.04. The molecule has 6 heterocycles. The first-order valence-electron chi connectivity index (χ1n) is 19.1. The van der Waals surface area contributed by atoms with Gasteiger partial charge in [0, 0.05) is 67.8 Å². The van der Waals surface area contributed by atoms with Crippen LogP contribution in [-0.4, -0.2) is 54.3 Å². The van der Waals surface area contributed by atoms with Gasteiger partial charge in [-0.25, -0.2) is 0 Å². The summed E-state index contributed by atoms with van der Waals surface area (Å²) in [5.74, 6) is 1.33. The maximum Gasteiger partial charge on any atom is 0.124 e. The zero-order chi connectivity index (χ0) is 41.8. The molecule has 0 radical (unpaired) electrons.